The number of benzene rings is 1. The minimum absolute atomic E-state index is 0.473. The molecule has 0 amide bonds. The Morgan fingerprint density at radius 1 is 1.29 bits per heavy atom. The van der Waals surface area contributed by atoms with Crippen molar-refractivity contribution >= 4 is 17.7 Å². The van der Waals surface area contributed by atoms with Crippen LogP contribution in [0.4, 0.5) is 0 Å². The van der Waals surface area contributed by atoms with Crippen LogP contribution in [-0.4, -0.2) is 41.1 Å². The Morgan fingerprint density at radius 2 is 2.08 bits per heavy atom. The molecule has 24 heavy (non-hydrogen) atoms. The summed E-state index contributed by atoms with van der Waals surface area (Å²) in [5.41, 5.74) is 1.27. The summed E-state index contributed by atoms with van der Waals surface area (Å²) in [7, 11) is 3.76. The number of guanidine groups is 1. The molecule has 1 heterocycles. The molecule has 1 aromatic heterocycles. The van der Waals surface area contributed by atoms with Crippen molar-refractivity contribution in [1.82, 2.24) is 20.4 Å². The maximum Gasteiger partial charge on any atom is 0.191 e. The highest BCUT2D eigenvalue weighted by atomic mass is 32.2. The highest BCUT2D eigenvalue weighted by Gasteiger charge is 2.05. The van der Waals surface area contributed by atoms with E-state index in [9.17, 15) is 0 Å². The number of rotatable bonds is 8. The third-order valence-electron chi connectivity index (χ3n) is 3.55. The number of thioether (sulfide) groups is 1. The lowest BCUT2D eigenvalue weighted by Gasteiger charge is -2.15. The van der Waals surface area contributed by atoms with Gasteiger partial charge in [0, 0.05) is 43.5 Å². The van der Waals surface area contributed by atoms with E-state index in [4.69, 9.17) is 0 Å². The Kier molecular flexibility index (Phi) is 7.68. The molecule has 0 aliphatic rings. The largest absolute Gasteiger partial charge is 0.356 e. The molecule has 2 rings (SSSR count). The predicted molar refractivity (Wildman–Crippen MR) is 103 cm³/mol. The number of aryl methyl sites for hydroxylation is 2. The highest BCUT2D eigenvalue weighted by molar-refractivity contribution is 8.00. The van der Waals surface area contributed by atoms with E-state index < -0.39 is 0 Å². The molecule has 1 aromatic carbocycles. The van der Waals surface area contributed by atoms with Gasteiger partial charge in [-0.3, -0.25) is 9.67 Å². The van der Waals surface area contributed by atoms with Crippen molar-refractivity contribution in [3.8, 4) is 0 Å². The van der Waals surface area contributed by atoms with Gasteiger partial charge in [0.2, 0.25) is 0 Å². The minimum atomic E-state index is 0.473. The second-order valence-electron chi connectivity index (χ2n) is 5.75. The normalized spacial score (nSPS) is 12.9. The molecule has 2 N–H and O–H groups in total. The van der Waals surface area contributed by atoms with Crippen molar-refractivity contribution in [2.24, 2.45) is 12.0 Å². The van der Waals surface area contributed by atoms with Crippen LogP contribution in [0.15, 0.2) is 52.6 Å². The summed E-state index contributed by atoms with van der Waals surface area (Å²) in [6.45, 7) is 4.00. The van der Waals surface area contributed by atoms with Gasteiger partial charge in [0.25, 0.3) is 0 Å². The van der Waals surface area contributed by atoms with Gasteiger partial charge in [-0.05, 0) is 30.5 Å². The molecule has 0 aliphatic heterocycles. The Hall–Kier alpha value is -1.95. The molecule has 5 nitrogen and oxygen atoms in total. The van der Waals surface area contributed by atoms with Crippen LogP contribution < -0.4 is 10.6 Å². The first-order valence-electron chi connectivity index (χ1n) is 8.31. The Balaban J connectivity index is 1.63. The summed E-state index contributed by atoms with van der Waals surface area (Å²) >= 11 is 1.87. The number of hydrogen-bond donors (Lipinski definition) is 2. The molecule has 0 saturated carbocycles. The maximum atomic E-state index is 4.28. The number of hydrogen-bond acceptors (Lipinski definition) is 3. The van der Waals surface area contributed by atoms with Gasteiger partial charge in [0.05, 0.1) is 6.20 Å². The third-order valence-corrected chi connectivity index (χ3v) is 4.67. The molecular weight excluding hydrogens is 318 g/mol. The number of nitrogens with zero attached hydrogens (tertiary/aromatic N) is 3. The van der Waals surface area contributed by atoms with E-state index in [0.29, 0.717) is 5.25 Å². The molecule has 130 valence electrons. The van der Waals surface area contributed by atoms with E-state index in [2.05, 4.69) is 58.1 Å². The van der Waals surface area contributed by atoms with Crippen molar-refractivity contribution in [2.45, 2.75) is 29.9 Å². The molecule has 0 saturated heterocycles. The van der Waals surface area contributed by atoms with Gasteiger partial charge < -0.3 is 10.6 Å². The van der Waals surface area contributed by atoms with Crippen LogP contribution in [0.25, 0.3) is 0 Å². The summed E-state index contributed by atoms with van der Waals surface area (Å²) in [5.74, 6) is 0.863. The standard InChI is InChI=1S/C18H27N5S/c1-15(24-17-9-5-4-6-10-17)12-21-18(19-2)20-11-7-8-16-13-22-23(3)14-16/h4-6,9-10,13-15H,7-8,11-12H2,1-3H3,(H2,19,20,21). The summed E-state index contributed by atoms with van der Waals surface area (Å²) in [4.78, 5) is 5.58. The Morgan fingerprint density at radius 3 is 2.75 bits per heavy atom. The third kappa shape index (κ3) is 6.66. The van der Waals surface area contributed by atoms with Gasteiger partial charge >= 0.3 is 0 Å². The highest BCUT2D eigenvalue weighted by Crippen LogP contribution is 2.21. The van der Waals surface area contributed by atoms with Crippen molar-refractivity contribution < 1.29 is 0 Å². The minimum Gasteiger partial charge on any atom is -0.356 e. The van der Waals surface area contributed by atoms with Gasteiger partial charge in [0.15, 0.2) is 5.96 Å². The van der Waals surface area contributed by atoms with Crippen molar-refractivity contribution in [1.29, 1.82) is 0 Å². The van der Waals surface area contributed by atoms with Crippen molar-refractivity contribution in [3.05, 3.63) is 48.3 Å². The second kappa shape index (κ2) is 10.0. The smallest absolute Gasteiger partial charge is 0.191 e. The molecule has 0 radical (unpaired) electrons. The predicted octanol–water partition coefficient (Wildman–Crippen LogP) is 2.70. The summed E-state index contributed by atoms with van der Waals surface area (Å²) < 4.78 is 1.84. The van der Waals surface area contributed by atoms with Crippen molar-refractivity contribution in [2.75, 3.05) is 20.1 Å². The van der Waals surface area contributed by atoms with Gasteiger partial charge in [0.1, 0.15) is 0 Å². The van der Waals surface area contributed by atoms with Crippen LogP contribution >= 0.6 is 11.8 Å². The quantitative estimate of drug-likeness (QED) is 0.334. The Labute approximate surface area is 148 Å². The fraction of sp³-hybridized carbons (Fsp3) is 0.444. The molecule has 6 heteroatoms. The first kappa shape index (κ1) is 18.4. The second-order valence-corrected chi connectivity index (χ2v) is 7.26. The topological polar surface area (TPSA) is 54.2 Å². The molecule has 0 aliphatic carbocycles. The average Bonchev–Trinajstić information content (AvgIpc) is 3.00. The van der Waals surface area contributed by atoms with Crippen LogP contribution in [0.2, 0.25) is 0 Å². The van der Waals surface area contributed by atoms with Crippen LogP contribution in [-0.2, 0) is 13.5 Å². The van der Waals surface area contributed by atoms with E-state index in [1.165, 1.54) is 10.5 Å². The molecule has 2 aromatic rings. The molecule has 1 unspecified atom stereocenters. The van der Waals surface area contributed by atoms with Gasteiger partial charge in [-0.2, -0.15) is 5.10 Å². The van der Waals surface area contributed by atoms with Crippen LogP contribution in [0.5, 0.6) is 0 Å². The molecule has 0 fully saturated rings. The Bertz CT molecular complexity index is 623. The lowest BCUT2D eigenvalue weighted by molar-refractivity contribution is 0.735. The molecular formula is C18H27N5S. The summed E-state index contributed by atoms with van der Waals surface area (Å²) in [6.07, 6.45) is 6.07. The van der Waals surface area contributed by atoms with Crippen LogP contribution in [0.3, 0.4) is 0 Å². The average molecular weight is 346 g/mol. The number of nitrogens with one attached hydrogen (secondary N) is 2. The lowest BCUT2D eigenvalue weighted by Crippen LogP contribution is -2.40. The monoisotopic (exact) mass is 345 g/mol. The zero-order valence-electron chi connectivity index (χ0n) is 14.7. The van der Waals surface area contributed by atoms with Gasteiger partial charge in [-0.1, -0.05) is 25.1 Å². The van der Waals surface area contributed by atoms with Gasteiger partial charge in [-0.15, -0.1) is 11.8 Å². The first-order chi connectivity index (χ1) is 11.7. The zero-order chi connectivity index (χ0) is 17.2. The molecule has 1 atom stereocenters. The van der Waals surface area contributed by atoms with Gasteiger partial charge in [-0.25, -0.2) is 0 Å². The van der Waals surface area contributed by atoms with E-state index >= 15 is 0 Å². The fourth-order valence-corrected chi connectivity index (χ4v) is 3.28. The molecule has 0 bridgehead atoms. The van der Waals surface area contributed by atoms with Crippen molar-refractivity contribution in [3.63, 3.8) is 0 Å². The fourth-order valence-electron chi connectivity index (χ4n) is 2.33. The molecule has 0 spiro atoms. The maximum absolute atomic E-state index is 4.28. The first-order valence-corrected chi connectivity index (χ1v) is 9.19. The van der Waals surface area contributed by atoms with Crippen LogP contribution in [0, 0.1) is 0 Å². The number of aromatic nitrogens is 2. The number of aliphatic imine (C=N–C) groups is 1. The summed E-state index contributed by atoms with van der Waals surface area (Å²) in [6, 6.07) is 10.5. The summed E-state index contributed by atoms with van der Waals surface area (Å²) in [5, 5.41) is 11.4. The zero-order valence-corrected chi connectivity index (χ0v) is 15.5. The van der Waals surface area contributed by atoms with E-state index in [0.717, 1.165) is 31.9 Å². The van der Waals surface area contributed by atoms with E-state index in [-0.39, 0.29) is 0 Å². The van der Waals surface area contributed by atoms with Crippen LogP contribution in [0.1, 0.15) is 18.9 Å². The van der Waals surface area contributed by atoms with E-state index in [1.807, 2.05) is 42.8 Å². The van der Waals surface area contributed by atoms with E-state index in [1.54, 1.807) is 0 Å². The lowest BCUT2D eigenvalue weighted by atomic mass is 10.2. The SMILES string of the molecule is CN=C(NCCCc1cnn(C)c1)NCC(C)Sc1ccccc1.